The summed E-state index contributed by atoms with van der Waals surface area (Å²) in [4.78, 5) is 0. The molecule has 0 heterocycles. The Hall–Kier alpha value is -0.860. The molecule has 0 aromatic heterocycles. The third-order valence-electron chi connectivity index (χ3n) is 3.23. The molecule has 0 bridgehead atoms. The Balaban J connectivity index is 2.70. The maximum Gasteiger partial charge on any atom is 0.0867 e. The van der Waals surface area contributed by atoms with Gasteiger partial charge in [-0.3, -0.25) is 0 Å². The van der Waals surface area contributed by atoms with E-state index in [1.807, 2.05) is 25.1 Å². The van der Waals surface area contributed by atoms with Crippen molar-refractivity contribution in [3.8, 4) is 0 Å². The molecule has 0 unspecified atom stereocenters. The third-order valence-corrected chi connectivity index (χ3v) is 3.23. The van der Waals surface area contributed by atoms with Gasteiger partial charge in [0.1, 0.15) is 0 Å². The summed E-state index contributed by atoms with van der Waals surface area (Å²) in [5.74, 6) is 0.623. The summed E-state index contributed by atoms with van der Waals surface area (Å²) in [6.45, 7) is 6.34. The highest BCUT2D eigenvalue weighted by molar-refractivity contribution is 5.20. The average molecular weight is 236 g/mol. The molecular weight excluding hydrogens is 212 g/mol. The van der Waals surface area contributed by atoms with Gasteiger partial charge in [0.05, 0.1) is 12.2 Å². The number of hydrogen-bond donors (Lipinski definition) is 1. The highest BCUT2D eigenvalue weighted by Gasteiger charge is 2.26. The maximum absolute atomic E-state index is 10.4. The van der Waals surface area contributed by atoms with Crippen LogP contribution >= 0.6 is 0 Å². The molecule has 1 N–H and O–H groups in total. The highest BCUT2D eigenvalue weighted by Crippen LogP contribution is 2.25. The Bertz CT molecular complexity index is 308. The maximum atomic E-state index is 10.4. The van der Waals surface area contributed by atoms with E-state index in [9.17, 15) is 5.11 Å². The van der Waals surface area contributed by atoms with Gasteiger partial charge in [-0.15, -0.1) is 0 Å². The van der Waals surface area contributed by atoms with Crippen molar-refractivity contribution in [2.45, 2.75) is 45.3 Å². The molecule has 2 nitrogen and oxygen atoms in total. The number of aliphatic hydroxyl groups excluding tert-OH is 1. The van der Waals surface area contributed by atoms with Gasteiger partial charge in [-0.25, -0.2) is 0 Å². The summed E-state index contributed by atoms with van der Waals surface area (Å²) < 4.78 is 5.42. The monoisotopic (exact) mass is 236 g/mol. The molecule has 0 aliphatic heterocycles. The molecule has 2 heteroatoms. The van der Waals surface area contributed by atoms with Crippen molar-refractivity contribution < 1.29 is 9.84 Å². The Morgan fingerprint density at radius 3 is 2.18 bits per heavy atom. The second-order valence-corrected chi connectivity index (χ2v) is 5.09. The van der Waals surface area contributed by atoms with E-state index in [1.165, 1.54) is 0 Å². The van der Waals surface area contributed by atoms with Crippen LogP contribution in [-0.2, 0) is 4.74 Å². The fourth-order valence-corrected chi connectivity index (χ4v) is 2.12. The first-order valence-electron chi connectivity index (χ1n) is 6.32. The van der Waals surface area contributed by atoms with Crippen molar-refractivity contribution in [2.75, 3.05) is 7.11 Å². The van der Waals surface area contributed by atoms with Gasteiger partial charge in [0.2, 0.25) is 0 Å². The van der Waals surface area contributed by atoms with E-state index in [0.29, 0.717) is 5.92 Å². The molecule has 0 spiro atoms. The van der Waals surface area contributed by atoms with Gasteiger partial charge in [-0.1, -0.05) is 51.1 Å². The van der Waals surface area contributed by atoms with Crippen LogP contribution in [0.1, 0.15) is 38.7 Å². The van der Waals surface area contributed by atoms with Gasteiger partial charge >= 0.3 is 0 Å². The molecule has 1 aromatic carbocycles. The summed E-state index contributed by atoms with van der Waals surface area (Å²) in [6.07, 6.45) is 0.337. The molecule has 0 saturated heterocycles. The molecule has 0 saturated carbocycles. The smallest absolute Gasteiger partial charge is 0.0867 e. The van der Waals surface area contributed by atoms with E-state index in [0.717, 1.165) is 12.0 Å². The summed E-state index contributed by atoms with van der Waals surface area (Å²) in [7, 11) is 1.67. The minimum atomic E-state index is -0.454. The zero-order valence-corrected chi connectivity index (χ0v) is 11.3. The Morgan fingerprint density at radius 2 is 1.71 bits per heavy atom. The summed E-state index contributed by atoms with van der Waals surface area (Å²) in [5.41, 5.74) is 1.16. The summed E-state index contributed by atoms with van der Waals surface area (Å²) in [6, 6.07) is 10.1. The largest absolute Gasteiger partial charge is 0.390 e. The van der Waals surface area contributed by atoms with Crippen LogP contribution in [0.4, 0.5) is 0 Å². The van der Waals surface area contributed by atoms with Crippen molar-refractivity contribution in [3.05, 3.63) is 35.9 Å². The number of methoxy groups -OCH3 is 1. The van der Waals surface area contributed by atoms with Gasteiger partial charge < -0.3 is 9.84 Å². The second kappa shape index (κ2) is 6.77. The lowest BCUT2D eigenvalue weighted by Crippen LogP contribution is -2.33. The molecule has 0 radical (unpaired) electrons. The molecule has 0 amide bonds. The molecule has 96 valence electrons. The lowest BCUT2D eigenvalue weighted by Gasteiger charge is -2.28. The van der Waals surface area contributed by atoms with Crippen molar-refractivity contribution in [3.63, 3.8) is 0 Å². The molecule has 0 fully saturated rings. The predicted molar refractivity (Wildman–Crippen MR) is 71.1 cm³/mol. The fourth-order valence-electron chi connectivity index (χ4n) is 2.12. The number of rotatable bonds is 6. The zero-order chi connectivity index (χ0) is 12.8. The first-order valence-corrected chi connectivity index (χ1v) is 6.32. The Labute approximate surface area is 105 Å². The van der Waals surface area contributed by atoms with Crippen LogP contribution in [0.2, 0.25) is 0 Å². The Morgan fingerprint density at radius 1 is 1.12 bits per heavy atom. The lowest BCUT2D eigenvalue weighted by atomic mass is 9.89. The minimum Gasteiger partial charge on any atom is -0.390 e. The molecule has 1 aromatic rings. The van der Waals surface area contributed by atoms with Crippen LogP contribution in [-0.4, -0.2) is 24.4 Å². The van der Waals surface area contributed by atoms with E-state index < -0.39 is 6.10 Å². The van der Waals surface area contributed by atoms with Gasteiger partial charge in [0.15, 0.2) is 0 Å². The lowest BCUT2D eigenvalue weighted by molar-refractivity contribution is -0.0327. The number of benzene rings is 1. The Kier molecular flexibility index (Phi) is 5.66. The number of hydrogen-bond acceptors (Lipinski definition) is 2. The third kappa shape index (κ3) is 4.14. The molecule has 0 aliphatic rings. The molecule has 0 aliphatic carbocycles. The van der Waals surface area contributed by atoms with E-state index in [1.54, 1.807) is 7.11 Å². The predicted octanol–water partition coefficient (Wildman–Crippen LogP) is 3.21. The average Bonchev–Trinajstić information content (AvgIpc) is 2.35. The number of ether oxygens (including phenoxy) is 1. The number of aliphatic hydroxyl groups is 1. The van der Waals surface area contributed by atoms with E-state index >= 15 is 0 Å². The van der Waals surface area contributed by atoms with Gasteiger partial charge in [0, 0.05) is 13.0 Å². The van der Waals surface area contributed by atoms with E-state index in [2.05, 4.69) is 26.0 Å². The van der Waals surface area contributed by atoms with Gasteiger partial charge in [-0.05, 0) is 17.9 Å². The second-order valence-electron chi connectivity index (χ2n) is 5.09. The molecule has 1 rings (SSSR count). The van der Waals surface area contributed by atoms with Crippen molar-refractivity contribution in [2.24, 2.45) is 5.92 Å². The normalized spacial score (nSPS) is 16.8. The topological polar surface area (TPSA) is 29.5 Å². The van der Waals surface area contributed by atoms with Gasteiger partial charge in [0.25, 0.3) is 0 Å². The fraction of sp³-hybridized carbons (Fsp3) is 0.600. The van der Waals surface area contributed by atoms with Crippen molar-refractivity contribution >= 4 is 0 Å². The van der Waals surface area contributed by atoms with E-state index in [-0.39, 0.29) is 12.0 Å². The van der Waals surface area contributed by atoms with E-state index in [4.69, 9.17) is 4.74 Å². The molecule has 17 heavy (non-hydrogen) atoms. The summed E-state index contributed by atoms with van der Waals surface area (Å²) in [5, 5.41) is 10.4. The first-order chi connectivity index (χ1) is 8.06. The van der Waals surface area contributed by atoms with Crippen LogP contribution < -0.4 is 0 Å². The van der Waals surface area contributed by atoms with Crippen molar-refractivity contribution in [1.29, 1.82) is 0 Å². The zero-order valence-electron chi connectivity index (χ0n) is 11.3. The summed E-state index contributed by atoms with van der Waals surface area (Å²) >= 11 is 0. The van der Waals surface area contributed by atoms with Crippen molar-refractivity contribution in [1.82, 2.24) is 0 Å². The van der Waals surface area contributed by atoms with Crippen LogP contribution in [0.15, 0.2) is 30.3 Å². The SMILES string of the molecule is CO[C@@H](CC(C)C)[C@@H](O)[C@@H](C)c1ccccc1. The standard InChI is InChI=1S/C15H24O2/c1-11(2)10-14(17-4)15(16)12(3)13-8-6-5-7-9-13/h5-9,11-12,14-16H,10H2,1-4H3/t12-,14-,15-/m0/s1. The van der Waals surface area contributed by atoms with Gasteiger partial charge in [-0.2, -0.15) is 0 Å². The molecular formula is C15H24O2. The molecule has 3 atom stereocenters. The van der Waals surface area contributed by atoms with Crippen LogP contribution in [0.25, 0.3) is 0 Å². The van der Waals surface area contributed by atoms with Crippen LogP contribution in [0.3, 0.4) is 0 Å². The highest BCUT2D eigenvalue weighted by atomic mass is 16.5. The minimum absolute atomic E-state index is 0.0924. The van der Waals surface area contributed by atoms with Crippen LogP contribution in [0.5, 0.6) is 0 Å². The first kappa shape index (κ1) is 14.2. The quantitative estimate of drug-likeness (QED) is 0.822. The van der Waals surface area contributed by atoms with Crippen LogP contribution in [0, 0.1) is 5.92 Å².